The average Bonchev–Trinajstić information content (AvgIpc) is 1.88. The fourth-order valence-corrected chi connectivity index (χ4v) is 1.25. The predicted molar refractivity (Wildman–Crippen MR) is 44.5 cm³/mol. The molecule has 0 aromatic carbocycles. The second-order valence-corrected chi connectivity index (χ2v) is 2.71. The zero-order valence-corrected chi connectivity index (χ0v) is 6.57. The highest BCUT2D eigenvalue weighted by molar-refractivity contribution is 5.99. The van der Waals surface area contributed by atoms with E-state index in [2.05, 4.69) is 19.1 Å². The Bertz CT molecular complexity index is 209. The first-order valence-corrected chi connectivity index (χ1v) is 3.64. The molecule has 1 heteroatoms. The van der Waals surface area contributed by atoms with Gasteiger partial charge in [-0.2, -0.15) is 0 Å². The SMILES string of the molecule is CC(=N)C1=CCCC=C1C. The van der Waals surface area contributed by atoms with Crippen molar-refractivity contribution in [3.8, 4) is 0 Å². The second-order valence-electron chi connectivity index (χ2n) is 2.71. The van der Waals surface area contributed by atoms with Gasteiger partial charge >= 0.3 is 0 Å². The molecule has 0 aliphatic heterocycles. The molecule has 10 heavy (non-hydrogen) atoms. The Morgan fingerprint density at radius 3 is 2.40 bits per heavy atom. The molecule has 1 aliphatic carbocycles. The Kier molecular flexibility index (Phi) is 2.05. The minimum Gasteiger partial charge on any atom is -0.305 e. The topological polar surface area (TPSA) is 23.9 Å². The highest BCUT2D eigenvalue weighted by atomic mass is 14.4. The Labute approximate surface area is 62.0 Å². The van der Waals surface area contributed by atoms with Crippen molar-refractivity contribution >= 4 is 5.71 Å². The first-order chi connectivity index (χ1) is 4.72. The molecule has 54 valence electrons. The predicted octanol–water partition coefficient (Wildman–Crippen LogP) is 2.69. The van der Waals surface area contributed by atoms with Crippen LogP contribution in [-0.2, 0) is 0 Å². The maximum atomic E-state index is 7.41. The van der Waals surface area contributed by atoms with Crippen LogP contribution in [0.5, 0.6) is 0 Å². The van der Waals surface area contributed by atoms with Crippen LogP contribution in [0.4, 0.5) is 0 Å². The van der Waals surface area contributed by atoms with Gasteiger partial charge in [-0.3, -0.25) is 0 Å². The number of allylic oxidation sites excluding steroid dienone is 4. The third kappa shape index (κ3) is 1.35. The van der Waals surface area contributed by atoms with Crippen LogP contribution in [-0.4, -0.2) is 5.71 Å². The fraction of sp³-hybridized carbons (Fsp3) is 0.444. The summed E-state index contributed by atoms with van der Waals surface area (Å²) in [7, 11) is 0. The van der Waals surface area contributed by atoms with E-state index in [0.717, 1.165) is 18.4 Å². The lowest BCUT2D eigenvalue weighted by Crippen LogP contribution is -2.00. The molecule has 0 saturated heterocycles. The van der Waals surface area contributed by atoms with Crippen LogP contribution in [0.15, 0.2) is 23.3 Å². The van der Waals surface area contributed by atoms with Crippen LogP contribution < -0.4 is 0 Å². The molecule has 0 atom stereocenters. The normalized spacial score (nSPS) is 17.8. The largest absolute Gasteiger partial charge is 0.305 e. The summed E-state index contributed by atoms with van der Waals surface area (Å²) in [6.07, 6.45) is 6.59. The molecule has 1 N–H and O–H groups in total. The van der Waals surface area contributed by atoms with Crippen LogP contribution in [0, 0.1) is 5.41 Å². The van der Waals surface area contributed by atoms with E-state index >= 15 is 0 Å². The summed E-state index contributed by atoms with van der Waals surface area (Å²) in [4.78, 5) is 0. The van der Waals surface area contributed by atoms with Gasteiger partial charge in [0.25, 0.3) is 0 Å². The lowest BCUT2D eigenvalue weighted by molar-refractivity contribution is 1.00. The highest BCUT2D eigenvalue weighted by Crippen LogP contribution is 2.18. The van der Waals surface area contributed by atoms with Crippen LogP contribution in [0.1, 0.15) is 26.7 Å². The van der Waals surface area contributed by atoms with Gasteiger partial charge in [-0.1, -0.05) is 12.2 Å². The van der Waals surface area contributed by atoms with E-state index in [1.54, 1.807) is 0 Å². The Morgan fingerprint density at radius 1 is 1.40 bits per heavy atom. The van der Waals surface area contributed by atoms with Crippen molar-refractivity contribution in [2.24, 2.45) is 0 Å². The van der Waals surface area contributed by atoms with Gasteiger partial charge in [-0.15, -0.1) is 0 Å². The van der Waals surface area contributed by atoms with Crippen molar-refractivity contribution in [2.45, 2.75) is 26.7 Å². The first-order valence-electron chi connectivity index (χ1n) is 3.64. The summed E-state index contributed by atoms with van der Waals surface area (Å²) >= 11 is 0. The third-order valence-electron chi connectivity index (χ3n) is 1.79. The Hall–Kier alpha value is -0.850. The molecule has 0 bridgehead atoms. The van der Waals surface area contributed by atoms with E-state index in [1.807, 2.05) is 6.92 Å². The fourth-order valence-electron chi connectivity index (χ4n) is 1.25. The summed E-state index contributed by atoms with van der Waals surface area (Å²) in [6.45, 7) is 3.91. The van der Waals surface area contributed by atoms with E-state index in [4.69, 9.17) is 5.41 Å². The van der Waals surface area contributed by atoms with Crippen molar-refractivity contribution in [2.75, 3.05) is 0 Å². The molecule has 1 rings (SSSR count). The molecule has 0 saturated carbocycles. The van der Waals surface area contributed by atoms with Gasteiger partial charge in [0, 0.05) is 5.71 Å². The van der Waals surface area contributed by atoms with E-state index in [0.29, 0.717) is 5.71 Å². The van der Waals surface area contributed by atoms with Crippen LogP contribution in [0.3, 0.4) is 0 Å². The Morgan fingerprint density at radius 2 is 2.00 bits per heavy atom. The van der Waals surface area contributed by atoms with Gasteiger partial charge < -0.3 is 5.41 Å². The molecule has 1 aliphatic rings. The molecule has 0 unspecified atom stereocenters. The molecule has 0 aromatic rings. The van der Waals surface area contributed by atoms with Gasteiger partial charge in [-0.05, 0) is 37.8 Å². The zero-order valence-electron chi connectivity index (χ0n) is 6.57. The van der Waals surface area contributed by atoms with Gasteiger partial charge in [0.2, 0.25) is 0 Å². The van der Waals surface area contributed by atoms with Crippen molar-refractivity contribution in [3.63, 3.8) is 0 Å². The standard InChI is InChI=1S/C9H13N/c1-7-5-3-4-6-9(7)8(2)10/h5-6,10H,3-4H2,1-2H3. The number of hydrogen-bond donors (Lipinski definition) is 1. The number of rotatable bonds is 1. The molecular weight excluding hydrogens is 122 g/mol. The van der Waals surface area contributed by atoms with Crippen LogP contribution in [0.2, 0.25) is 0 Å². The van der Waals surface area contributed by atoms with E-state index < -0.39 is 0 Å². The molecule has 1 nitrogen and oxygen atoms in total. The first kappa shape index (κ1) is 7.26. The van der Waals surface area contributed by atoms with Crippen molar-refractivity contribution in [3.05, 3.63) is 23.3 Å². The Balaban J connectivity index is 2.84. The second kappa shape index (κ2) is 2.82. The molecule has 0 fully saturated rings. The lowest BCUT2D eigenvalue weighted by Gasteiger charge is -2.10. The number of hydrogen-bond acceptors (Lipinski definition) is 1. The summed E-state index contributed by atoms with van der Waals surface area (Å²) in [5.41, 5.74) is 3.08. The molecular formula is C9H13N. The van der Waals surface area contributed by atoms with E-state index in [9.17, 15) is 0 Å². The van der Waals surface area contributed by atoms with Crippen molar-refractivity contribution in [1.82, 2.24) is 0 Å². The average molecular weight is 135 g/mol. The quantitative estimate of drug-likeness (QED) is 0.534. The molecule has 0 heterocycles. The van der Waals surface area contributed by atoms with E-state index in [1.165, 1.54) is 5.57 Å². The monoisotopic (exact) mass is 135 g/mol. The lowest BCUT2D eigenvalue weighted by atomic mass is 9.96. The van der Waals surface area contributed by atoms with Gasteiger partial charge in [0.05, 0.1) is 0 Å². The van der Waals surface area contributed by atoms with Crippen molar-refractivity contribution in [1.29, 1.82) is 5.41 Å². The summed E-state index contributed by atoms with van der Waals surface area (Å²) in [5.74, 6) is 0. The molecule has 0 spiro atoms. The zero-order chi connectivity index (χ0) is 7.56. The molecule has 0 amide bonds. The third-order valence-corrected chi connectivity index (χ3v) is 1.79. The van der Waals surface area contributed by atoms with Gasteiger partial charge in [0.1, 0.15) is 0 Å². The smallest absolute Gasteiger partial charge is 0.0354 e. The number of nitrogens with one attached hydrogen (secondary N) is 1. The minimum absolute atomic E-state index is 0.688. The molecule has 0 aromatic heterocycles. The van der Waals surface area contributed by atoms with E-state index in [-0.39, 0.29) is 0 Å². The summed E-state index contributed by atoms with van der Waals surface area (Å²) < 4.78 is 0. The maximum absolute atomic E-state index is 7.41. The minimum atomic E-state index is 0.688. The summed E-state index contributed by atoms with van der Waals surface area (Å²) in [5, 5.41) is 7.41. The highest BCUT2D eigenvalue weighted by Gasteiger charge is 2.04. The van der Waals surface area contributed by atoms with Gasteiger partial charge in [-0.25, -0.2) is 0 Å². The van der Waals surface area contributed by atoms with Crippen LogP contribution in [0.25, 0.3) is 0 Å². The summed E-state index contributed by atoms with van der Waals surface area (Å²) in [6, 6.07) is 0. The molecule has 0 radical (unpaired) electrons. The van der Waals surface area contributed by atoms with Crippen molar-refractivity contribution < 1.29 is 0 Å². The van der Waals surface area contributed by atoms with Gasteiger partial charge in [0.15, 0.2) is 0 Å². The van der Waals surface area contributed by atoms with Crippen LogP contribution >= 0.6 is 0 Å². The maximum Gasteiger partial charge on any atom is 0.0354 e.